The monoisotopic (exact) mass is 588 g/mol. The van der Waals surface area contributed by atoms with Crippen LogP contribution in [0.15, 0.2) is 89.3 Å². The average molecular weight is 589 g/mol. The van der Waals surface area contributed by atoms with Crippen molar-refractivity contribution >= 4 is 56.5 Å². The van der Waals surface area contributed by atoms with Crippen molar-refractivity contribution in [3.05, 3.63) is 90.5 Å². The number of thioether (sulfide) groups is 1. The van der Waals surface area contributed by atoms with Crippen LogP contribution in [0.5, 0.6) is 5.75 Å². The number of amidine groups is 1. The molecular formula is C30H23F3N6O2S. The van der Waals surface area contributed by atoms with E-state index in [-0.39, 0.29) is 23.3 Å². The topological polar surface area (TPSA) is 85.0 Å². The first-order valence-corrected chi connectivity index (χ1v) is 13.9. The molecule has 212 valence electrons. The predicted molar refractivity (Wildman–Crippen MR) is 158 cm³/mol. The Morgan fingerprint density at radius 2 is 1.83 bits per heavy atom. The number of hydrogen-bond donors (Lipinski definition) is 0. The average Bonchev–Trinajstić information content (AvgIpc) is 3.55. The Balaban J connectivity index is 1.26. The zero-order valence-corrected chi connectivity index (χ0v) is 23.2. The Morgan fingerprint density at radius 3 is 2.60 bits per heavy atom. The number of hydrogen-bond acceptors (Lipinski definition) is 7. The van der Waals surface area contributed by atoms with E-state index in [1.165, 1.54) is 47.3 Å². The van der Waals surface area contributed by atoms with Crippen molar-refractivity contribution < 1.29 is 22.7 Å². The van der Waals surface area contributed by atoms with Crippen LogP contribution in [-0.4, -0.2) is 48.9 Å². The number of para-hydroxylation sites is 1. The summed E-state index contributed by atoms with van der Waals surface area (Å²) in [5.41, 5.74) is 4.52. The number of aliphatic imine (C=N–C) groups is 1. The highest BCUT2D eigenvalue weighted by Crippen LogP contribution is 2.31. The van der Waals surface area contributed by atoms with E-state index in [1.807, 2.05) is 42.5 Å². The molecule has 1 aliphatic rings. The number of alkyl halides is 3. The summed E-state index contributed by atoms with van der Waals surface area (Å²) >= 11 is 1.34. The van der Waals surface area contributed by atoms with Gasteiger partial charge in [0, 0.05) is 17.3 Å². The summed E-state index contributed by atoms with van der Waals surface area (Å²) in [6.45, 7) is 4.19. The standard InChI is InChI=1S/C30H23F3N6O2S/c1-18(2)23-5-3-4-6-25(23)37-29-39(27(40)16-42-29)36-14-20-13-19-7-12-26-28(24(19)15-34-20)35-17-38(26)21-8-10-22(11-9-21)41-30(31,32)33/h3-15,17-18H,16H2,1-2H3. The molecule has 1 fully saturated rings. The summed E-state index contributed by atoms with van der Waals surface area (Å²) in [6.07, 6.45) is 0.0663. The third kappa shape index (κ3) is 5.57. The van der Waals surface area contributed by atoms with Crippen LogP contribution in [0.25, 0.3) is 27.5 Å². The van der Waals surface area contributed by atoms with Crippen LogP contribution in [0.4, 0.5) is 18.9 Å². The van der Waals surface area contributed by atoms with Crippen LogP contribution in [0.1, 0.15) is 31.0 Å². The minimum absolute atomic E-state index is 0.164. The van der Waals surface area contributed by atoms with Crippen LogP contribution in [0.3, 0.4) is 0 Å². The first-order valence-electron chi connectivity index (χ1n) is 13.0. The Labute approximate surface area is 242 Å². The molecule has 1 amide bonds. The van der Waals surface area contributed by atoms with Crippen LogP contribution in [-0.2, 0) is 4.79 Å². The van der Waals surface area contributed by atoms with E-state index in [4.69, 9.17) is 4.99 Å². The minimum Gasteiger partial charge on any atom is -0.406 e. The molecular weight excluding hydrogens is 565 g/mol. The molecule has 3 heterocycles. The van der Waals surface area contributed by atoms with Crippen LogP contribution in [0, 0.1) is 0 Å². The van der Waals surface area contributed by atoms with Gasteiger partial charge >= 0.3 is 6.36 Å². The van der Waals surface area contributed by atoms with E-state index in [0.717, 1.165) is 27.5 Å². The van der Waals surface area contributed by atoms with E-state index in [0.29, 0.717) is 22.1 Å². The second-order valence-corrected chi connectivity index (χ2v) is 10.7. The second-order valence-electron chi connectivity index (χ2n) is 9.77. The van der Waals surface area contributed by atoms with Crippen LogP contribution in [0.2, 0.25) is 0 Å². The molecule has 12 heteroatoms. The smallest absolute Gasteiger partial charge is 0.406 e. The molecule has 5 aromatic rings. The lowest BCUT2D eigenvalue weighted by molar-refractivity contribution is -0.274. The Kier molecular flexibility index (Phi) is 7.15. The lowest BCUT2D eigenvalue weighted by Gasteiger charge is -2.12. The minimum atomic E-state index is -4.75. The summed E-state index contributed by atoms with van der Waals surface area (Å²) < 4.78 is 43.2. The number of carbonyl (C=O) groups excluding carboxylic acids is 1. The van der Waals surface area contributed by atoms with E-state index in [1.54, 1.807) is 17.1 Å². The first-order chi connectivity index (χ1) is 20.2. The Hall–Kier alpha value is -4.71. The highest BCUT2D eigenvalue weighted by atomic mass is 32.2. The van der Waals surface area contributed by atoms with E-state index in [9.17, 15) is 18.0 Å². The number of nitrogens with zero attached hydrogens (tertiary/aromatic N) is 6. The summed E-state index contributed by atoms with van der Waals surface area (Å²) in [4.78, 5) is 26.4. The van der Waals surface area contributed by atoms with Crippen molar-refractivity contribution in [2.75, 3.05) is 5.75 Å². The van der Waals surface area contributed by atoms with Gasteiger partial charge in [-0.05, 0) is 59.3 Å². The van der Waals surface area contributed by atoms with Crippen molar-refractivity contribution in [1.82, 2.24) is 19.5 Å². The number of ether oxygens (including phenoxy) is 1. The molecule has 0 atom stereocenters. The van der Waals surface area contributed by atoms with Gasteiger partial charge in [-0.1, -0.05) is 49.9 Å². The van der Waals surface area contributed by atoms with Crippen LogP contribution < -0.4 is 4.74 Å². The van der Waals surface area contributed by atoms with Gasteiger partial charge in [0.25, 0.3) is 5.91 Å². The number of halogens is 3. The summed E-state index contributed by atoms with van der Waals surface area (Å²) in [6, 6.07) is 19.0. The molecule has 0 saturated carbocycles. The predicted octanol–water partition coefficient (Wildman–Crippen LogP) is 7.19. The number of pyridine rings is 1. The van der Waals surface area contributed by atoms with Crippen molar-refractivity contribution in [2.45, 2.75) is 26.1 Å². The molecule has 0 unspecified atom stereocenters. The third-order valence-electron chi connectivity index (χ3n) is 6.61. The molecule has 8 nitrogen and oxygen atoms in total. The zero-order chi connectivity index (χ0) is 29.4. The molecule has 0 spiro atoms. The Morgan fingerprint density at radius 1 is 1.05 bits per heavy atom. The van der Waals surface area contributed by atoms with Crippen molar-refractivity contribution in [1.29, 1.82) is 0 Å². The molecule has 2 aromatic heterocycles. The van der Waals surface area contributed by atoms with Crippen molar-refractivity contribution in [3.8, 4) is 11.4 Å². The molecule has 1 saturated heterocycles. The highest BCUT2D eigenvalue weighted by molar-refractivity contribution is 8.15. The van der Waals surface area contributed by atoms with Gasteiger partial charge in [0.1, 0.15) is 12.1 Å². The lowest BCUT2D eigenvalue weighted by Crippen LogP contribution is -2.24. The number of fused-ring (bicyclic) bond motifs is 3. The fourth-order valence-corrected chi connectivity index (χ4v) is 5.46. The molecule has 3 aromatic carbocycles. The number of amides is 1. The van der Waals surface area contributed by atoms with Gasteiger partial charge in [-0.25, -0.2) is 9.98 Å². The zero-order valence-electron chi connectivity index (χ0n) is 22.4. The number of benzene rings is 3. The normalized spacial score (nSPS) is 15.2. The van der Waals surface area contributed by atoms with Gasteiger partial charge in [0.2, 0.25) is 0 Å². The van der Waals surface area contributed by atoms with Gasteiger partial charge in [-0.2, -0.15) is 10.1 Å². The van der Waals surface area contributed by atoms with Gasteiger partial charge in [0.05, 0.1) is 34.4 Å². The Bertz CT molecular complexity index is 1870. The number of aromatic nitrogens is 3. The number of carbonyl (C=O) groups is 1. The number of imidazole rings is 1. The fourth-order valence-electron chi connectivity index (χ4n) is 4.65. The summed E-state index contributed by atoms with van der Waals surface area (Å²) in [7, 11) is 0. The largest absolute Gasteiger partial charge is 0.573 e. The van der Waals surface area contributed by atoms with Crippen molar-refractivity contribution in [3.63, 3.8) is 0 Å². The van der Waals surface area contributed by atoms with Gasteiger partial charge < -0.3 is 4.74 Å². The fraction of sp³-hybridized carbons (Fsp3) is 0.167. The summed E-state index contributed by atoms with van der Waals surface area (Å²) in [5, 5.41) is 7.89. The van der Waals surface area contributed by atoms with Crippen LogP contribution >= 0.6 is 11.8 Å². The maximum Gasteiger partial charge on any atom is 0.573 e. The van der Waals surface area contributed by atoms with Crippen molar-refractivity contribution in [2.24, 2.45) is 10.1 Å². The van der Waals surface area contributed by atoms with Gasteiger partial charge in [-0.3, -0.25) is 14.3 Å². The molecule has 0 aliphatic carbocycles. The SMILES string of the molecule is CC(C)c1ccccc1N=C1SCC(=O)N1N=Cc1cc2ccc3c(ncn3-c3ccc(OC(F)(F)F)cc3)c2cn1. The number of rotatable bonds is 6. The maximum absolute atomic E-state index is 12.6. The van der Waals surface area contributed by atoms with Gasteiger partial charge in [-0.15, -0.1) is 13.2 Å². The molecule has 0 bridgehead atoms. The highest BCUT2D eigenvalue weighted by Gasteiger charge is 2.31. The third-order valence-corrected chi connectivity index (χ3v) is 7.52. The van der Waals surface area contributed by atoms with E-state index < -0.39 is 6.36 Å². The first kappa shape index (κ1) is 27.5. The number of hydrazone groups is 1. The molecule has 42 heavy (non-hydrogen) atoms. The second kappa shape index (κ2) is 10.9. The molecule has 1 aliphatic heterocycles. The van der Waals surface area contributed by atoms with Gasteiger partial charge in [0.15, 0.2) is 5.17 Å². The summed E-state index contributed by atoms with van der Waals surface area (Å²) in [5.74, 6) is 0.0717. The lowest BCUT2D eigenvalue weighted by atomic mass is 10.0. The molecule has 0 radical (unpaired) electrons. The quantitative estimate of drug-likeness (QED) is 0.196. The molecule has 0 N–H and O–H groups in total. The van der Waals surface area contributed by atoms with E-state index >= 15 is 0 Å². The maximum atomic E-state index is 12.6. The molecule has 6 rings (SSSR count). The van der Waals surface area contributed by atoms with E-state index in [2.05, 4.69) is 33.7 Å².